The van der Waals surface area contributed by atoms with Crippen molar-refractivity contribution < 1.29 is 13.9 Å². The second-order valence-corrected chi connectivity index (χ2v) is 5.07. The molecule has 18 heavy (non-hydrogen) atoms. The average molecular weight is 330 g/mol. The fourth-order valence-corrected chi connectivity index (χ4v) is 2.90. The molecular formula is C12H9BrFNO2S. The lowest BCUT2D eigenvalue weighted by Gasteiger charge is -2.01. The van der Waals surface area contributed by atoms with Gasteiger partial charge in [0.25, 0.3) is 0 Å². The fraction of sp³-hybridized carbons (Fsp3) is 0.167. The highest BCUT2D eigenvalue weighted by Gasteiger charge is 2.16. The minimum absolute atomic E-state index is 0.201. The number of carbonyl (C=O) groups excluding carboxylic acids is 1. The predicted molar refractivity (Wildman–Crippen MR) is 71.2 cm³/mol. The number of rotatable bonds is 3. The zero-order valence-electron chi connectivity index (χ0n) is 9.44. The van der Waals surface area contributed by atoms with Gasteiger partial charge >= 0.3 is 5.97 Å². The lowest BCUT2D eigenvalue weighted by molar-refractivity contribution is 0.0520. The maximum Gasteiger partial charge on any atom is 0.357 e. The van der Waals surface area contributed by atoms with Crippen LogP contribution in [0, 0.1) is 5.82 Å². The molecule has 0 aliphatic rings. The van der Waals surface area contributed by atoms with Crippen LogP contribution >= 0.6 is 27.3 Å². The van der Waals surface area contributed by atoms with Gasteiger partial charge in [-0.1, -0.05) is 6.07 Å². The molecule has 0 radical (unpaired) electrons. The highest BCUT2D eigenvalue weighted by Crippen LogP contribution is 2.32. The Morgan fingerprint density at radius 3 is 3.00 bits per heavy atom. The summed E-state index contributed by atoms with van der Waals surface area (Å²) in [7, 11) is 0. The molecule has 94 valence electrons. The SMILES string of the molecule is CCOC(=O)c1csc(-c2c(F)cccc2Br)n1. The second kappa shape index (κ2) is 5.58. The number of esters is 1. The summed E-state index contributed by atoms with van der Waals surface area (Å²) in [6, 6.07) is 4.68. The number of ether oxygens (including phenoxy) is 1. The van der Waals surface area contributed by atoms with Crippen LogP contribution in [0.15, 0.2) is 28.1 Å². The van der Waals surface area contributed by atoms with Crippen molar-refractivity contribution in [1.82, 2.24) is 4.98 Å². The molecule has 0 amide bonds. The van der Waals surface area contributed by atoms with E-state index in [-0.39, 0.29) is 18.1 Å². The van der Waals surface area contributed by atoms with Gasteiger partial charge in [-0.25, -0.2) is 14.2 Å². The largest absolute Gasteiger partial charge is 0.461 e. The van der Waals surface area contributed by atoms with E-state index in [0.29, 0.717) is 15.0 Å². The number of aromatic nitrogens is 1. The molecule has 0 N–H and O–H groups in total. The van der Waals surface area contributed by atoms with Crippen molar-refractivity contribution >= 4 is 33.2 Å². The third-order valence-corrected chi connectivity index (χ3v) is 3.69. The first kappa shape index (κ1) is 13.2. The van der Waals surface area contributed by atoms with Gasteiger partial charge < -0.3 is 4.74 Å². The van der Waals surface area contributed by atoms with Gasteiger partial charge in [0.2, 0.25) is 0 Å². The lowest BCUT2D eigenvalue weighted by atomic mass is 10.2. The summed E-state index contributed by atoms with van der Waals surface area (Å²) in [5.41, 5.74) is 0.560. The highest BCUT2D eigenvalue weighted by atomic mass is 79.9. The number of hydrogen-bond acceptors (Lipinski definition) is 4. The minimum atomic E-state index is -0.493. The molecule has 0 atom stereocenters. The van der Waals surface area contributed by atoms with Crippen LogP contribution in [0.1, 0.15) is 17.4 Å². The van der Waals surface area contributed by atoms with Crippen molar-refractivity contribution in [3.63, 3.8) is 0 Å². The second-order valence-electron chi connectivity index (χ2n) is 3.36. The Morgan fingerprint density at radius 2 is 2.33 bits per heavy atom. The number of benzene rings is 1. The van der Waals surface area contributed by atoms with E-state index >= 15 is 0 Å². The van der Waals surface area contributed by atoms with Gasteiger partial charge in [-0.3, -0.25) is 0 Å². The Labute approximate surface area is 116 Å². The molecule has 2 aromatic rings. The number of carbonyl (C=O) groups is 1. The van der Waals surface area contributed by atoms with Crippen LogP contribution in [-0.2, 0) is 4.74 Å². The van der Waals surface area contributed by atoms with Crippen molar-refractivity contribution in [2.45, 2.75) is 6.92 Å². The van der Waals surface area contributed by atoms with E-state index in [0.717, 1.165) is 0 Å². The average Bonchev–Trinajstić information content (AvgIpc) is 2.78. The van der Waals surface area contributed by atoms with Gasteiger partial charge in [0.1, 0.15) is 10.8 Å². The Balaban J connectivity index is 2.38. The summed E-state index contributed by atoms with van der Waals surface area (Å²) in [5, 5.41) is 2.01. The molecule has 0 fully saturated rings. The lowest BCUT2D eigenvalue weighted by Crippen LogP contribution is -2.04. The normalized spacial score (nSPS) is 10.4. The van der Waals surface area contributed by atoms with E-state index in [1.54, 1.807) is 24.4 Å². The topological polar surface area (TPSA) is 39.2 Å². The number of thiazole rings is 1. The Kier molecular flexibility index (Phi) is 4.08. The third-order valence-electron chi connectivity index (χ3n) is 2.17. The molecule has 0 saturated heterocycles. The minimum Gasteiger partial charge on any atom is -0.461 e. The summed E-state index contributed by atoms with van der Waals surface area (Å²) < 4.78 is 19.2. The fourth-order valence-electron chi connectivity index (χ4n) is 1.39. The Morgan fingerprint density at radius 1 is 1.56 bits per heavy atom. The quantitative estimate of drug-likeness (QED) is 0.802. The van der Waals surface area contributed by atoms with Gasteiger partial charge in [0.15, 0.2) is 5.69 Å². The molecule has 0 aliphatic heterocycles. The van der Waals surface area contributed by atoms with Crippen LogP contribution < -0.4 is 0 Å². The highest BCUT2D eigenvalue weighted by molar-refractivity contribution is 9.10. The first-order valence-corrected chi connectivity index (χ1v) is 6.87. The molecule has 0 aliphatic carbocycles. The maximum absolute atomic E-state index is 13.7. The van der Waals surface area contributed by atoms with Crippen molar-refractivity contribution in [2.75, 3.05) is 6.61 Å². The molecule has 6 heteroatoms. The van der Waals surface area contributed by atoms with E-state index in [1.807, 2.05) is 0 Å². The monoisotopic (exact) mass is 329 g/mol. The third kappa shape index (κ3) is 2.59. The summed E-state index contributed by atoms with van der Waals surface area (Å²) in [4.78, 5) is 15.6. The van der Waals surface area contributed by atoms with Gasteiger partial charge in [0.05, 0.1) is 12.2 Å². The molecule has 0 saturated carbocycles. The molecule has 1 aromatic heterocycles. The van der Waals surface area contributed by atoms with Crippen LogP contribution in [0.5, 0.6) is 0 Å². The molecule has 2 rings (SSSR count). The van der Waals surface area contributed by atoms with Crippen LogP contribution in [-0.4, -0.2) is 17.6 Å². The Bertz CT molecular complexity index is 565. The first-order valence-electron chi connectivity index (χ1n) is 5.20. The summed E-state index contributed by atoms with van der Waals surface area (Å²) in [6.45, 7) is 2.01. The van der Waals surface area contributed by atoms with Crippen LogP contribution in [0.4, 0.5) is 4.39 Å². The standard InChI is InChI=1S/C12H9BrFNO2S/c1-2-17-12(16)9-6-18-11(15-9)10-7(13)4-3-5-8(10)14/h3-6H,2H2,1H3. The van der Waals surface area contributed by atoms with E-state index in [1.165, 1.54) is 17.4 Å². The van der Waals surface area contributed by atoms with Crippen molar-refractivity contribution in [2.24, 2.45) is 0 Å². The van der Waals surface area contributed by atoms with Gasteiger partial charge in [0, 0.05) is 9.85 Å². The van der Waals surface area contributed by atoms with E-state index in [9.17, 15) is 9.18 Å². The van der Waals surface area contributed by atoms with Gasteiger partial charge in [-0.05, 0) is 35.0 Å². The predicted octanol–water partition coefficient (Wildman–Crippen LogP) is 3.89. The van der Waals surface area contributed by atoms with E-state index in [4.69, 9.17) is 4.74 Å². The van der Waals surface area contributed by atoms with Crippen molar-refractivity contribution in [3.05, 3.63) is 39.6 Å². The molecule has 0 spiro atoms. The summed E-state index contributed by atoms with van der Waals surface area (Å²) in [6.07, 6.45) is 0. The molecule has 1 heterocycles. The number of nitrogens with zero attached hydrogens (tertiary/aromatic N) is 1. The number of halogens is 2. The zero-order valence-corrected chi connectivity index (χ0v) is 11.8. The molecule has 1 aromatic carbocycles. The number of hydrogen-bond donors (Lipinski definition) is 0. The smallest absolute Gasteiger partial charge is 0.357 e. The van der Waals surface area contributed by atoms with Crippen molar-refractivity contribution in [1.29, 1.82) is 0 Å². The van der Waals surface area contributed by atoms with E-state index < -0.39 is 5.97 Å². The molecule has 0 bridgehead atoms. The Hall–Kier alpha value is -1.27. The zero-order chi connectivity index (χ0) is 13.1. The maximum atomic E-state index is 13.7. The van der Waals surface area contributed by atoms with Crippen molar-refractivity contribution in [3.8, 4) is 10.6 Å². The summed E-state index contributed by atoms with van der Waals surface area (Å²) >= 11 is 4.47. The molecule has 3 nitrogen and oxygen atoms in total. The summed E-state index contributed by atoms with van der Waals surface area (Å²) in [5.74, 6) is -0.874. The molecule has 0 unspecified atom stereocenters. The molecular weight excluding hydrogens is 321 g/mol. The van der Waals surface area contributed by atoms with E-state index in [2.05, 4.69) is 20.9 Å². The van der Waals surface area contributed by atoms with Crippen LogP contribution in [0.2, 0.25) is 0 Å². The van der Waals surface area contributed by atoms with Crippen LogP contribution in [0.25, 0.3) is 10.6 Å². The van der Waals surface area contributed by atoms with Gasteiger partial charge in [-0.15, -0.1) is 11.3 Å². The van der Waals surface area contributed by atoms with Gasteiger partial charge in [-0.2, -0.15) is 0 Å². The van der Waals surface area contributed by atoms with Crippen LogP contribution in [0.3, 0.4) is 0 Å². The first-order chi connectivity index (χ1) is 8.63.